The molecule has 0 saturated carbocycles. The van der Waals surface area contributed by atoms with Crippen molar-refractivity contribution in [2.24, 2.45) is 0 Å². The summed E-state index contributed by atoms with van der Waals surface area (Å²) in [6.45, 7) is 4.76. The molecule has 0 spiro atoms. The molecule has 2 aromatic heterocycles. The van der Waals surface area contributed by atoms with E-state index in [0.29, 0.717) is 48.8 Å². The van der Waals surface area contributed by atoms with Gasteiger partial charge in [0.25, 0.3) is 0 Å². The summed E-state index contributed by atoms with van der Waals surface area (Å²) in [6, 6.07) is 16.2. The molecule has 0 bridgehead atoms. The van der Waals surface area contributed by atoms with Crippen molar-refractivity contribution in [3.05, 3.63) is 78.6 Å². The van der Waals surface area contributed by atoms with Crippen LogP contribution in [0.5, 0.6) is 11.5 Å². The van der Waals surface area contributed by atoms with Gasteiger partial charge in [0.05, 0.1) is 11.9 Å². The molecule has 12 heteroatoms. The van der Waals surface area contributed by atoms with Crippen LogP contribution >= 0.6 is 0 Å². The van der Waals surface area contributed by atoms with Crippen LogP contribution in [0.1, 0.15) is 37.4 Å². The molecule has 1 amide bonds. The first-order valence-electron chi connectivity index (χ1n) is 12.6. The van der Waals surface area contributed by atoms with Crippen molar-refractivity contribution in [1.29, 1.82) is 0 Å². The topological polar surface area (TPSA) is 132 Å². The molecule has 4 aromatic rings. The normalized spacial score (nSPS) is 14.3. The lowest BCUT2D eigenvalue weighted by Crippen LogP contribution is -2.45. The maximum atomic E-state index is 13.0. The van der Waals surface area contributed by atoms with Crippen molar-refractivity contribution in [1.82, 2.24) is 15.2 Å². The van der Waals surface area contributed by atoms with E-state index in [1.165, 1.54) is 31.2 Å². The lowest BCUT2D eigenvalue weighted by molar-refractivity contribution is -0.157. The van der Waals surface area contributed by atoms with Crippen LogP contribution in [0, 0.1) is 5.82 Å². The molecule has 0 radical (unpaired) electrons. The van der Waals surface area contributed by atoms with Crippen LogP contribution < -0.4 is 20.3 Å². The number of esters is 1. The van der Waals surface area contributed by atoms with Crippen LogP contribution in [-0.2, 0) is 9.53 Å². The average molecular weight is 547 g/mol. The highest BCUT2D eigenvalue weighted by Gasteiger charge is 2.33. The zero-order valence-electron chi connectivity index (χ0n) is 21.9. The van der Waals surface area contributed by atoms with Gasteiger partial charge in [-0.25, -0.2) is 9.37 Å². The number of hydrogen-bond donors (Lipinski definition) is 2. The molecule has 2 N–H and O–H groups in total. The highest BCUT2D eigenvalue weighted by atomic mass is 19.1. The van der Waals surface area contributed by atoms with Gasteiger partial charge in [-0.3, -0.25) is 9.59 Å². The second kappa shape index (κ2) is 11.4. The summed E-state index contributed by atoms with van der Waals surface area (Å²) >= 11 is 0. The molecule has 1 aliphatic rings. The third-order valence-corrected chi connectivity index (χ3v) is 6.32. The summed E-state index contributed by atoms with van der Waals surface area (Å²) in [6.07, 6.45) is 2.96. The van der Waals surface area contributed by atoms with Crippen molar-refractivity contribution in [2.45, 2.75) is 32.3 Å². The van der Waals surface area contributed by atoms with Gasteiger partial charge in [0, 0.05) is 38.5 Å². The fourth-order valence-corrected chi connectivity index (χ4v) is 4.22. The molecule has 2 aromatic carbocycles. The van der Waals surface area contributed by atoms with Gasteiger partial charge in [-0.2, -0.15) is 0 Å². The first kappa shape index (κ1) is 26.6. The second-order valence-electron chi connectivity index (χ2n) is 9.51. The zero-order chi connectivity index (χ0) is 28.1. The maximum Gasteiger partial charge on any atom is 0.320 e. The van der Waals surface area contributed by atoms with Crippen molar-refractivity contribution in [3.63, 3.8) is 0 Å². The Balaban J connectivity index is 1.12. The number of carbonyl (C=O) groups excluding carboxylic acids is 2. The van der Waals surface area contributed by atoms with E-state index in [1.807, 2.05) is 13.0 Å². The Kier molecular flexibility index (Phi) is 7.58. The van der Waals surface area contributed by atoms with Crippen molar-refractivity contribution < 1.29 is 27.9 Å². The minimum Gasteiger partial charge on any atom is -0.459 e. The van der Waals surface area contributed by atoms with E-state index in [0.717, 1.165) is 5.82 Å². The third kappa shape index (κ3) is 6.70. The standard InChI is InChI=1S/C28H27FN6O5/c1-18(36)40-28(2)13-15-35(16-14-28)24-12-7-21(17-30-24)31-25(37)26-33-34-27(39-26)32-20-5-10-23(11-6-20)38-22-8-3-19(29)4-9-22/h3-12,17H,13-16H2,1-2H3,(H,31,37)(H,32,34). The fourth-order valence-electron chi connectivity index (χ4n) is 4.22. The van der Waals surface area contributed by atoms with Crippen LogP contribution in [0.25, 0.3) is 0 Å². The quantitative estimate of drug-likeness (QED) is 0.280. The van der Waals surface area contributed by atoms with Crippen LogP contribution in [-0.4, -0.2) is 45.7 Å². The third-order valence-electron chi connectivity index (χ3n) is 6.32. The van der Waals surface area contributed by atoms with Crippen molar-refractivity contribution >= 4 is 35.1 Å². The number of pyridine rings is 1. The SMILES string of the molecule is CC(=O)OC1(C)CCN(c2ccc(NC(=O)c3nnc(Nc4ccc(Oc5ccc(F)cc5)cc4)o3)cn2)CC1. The smallest absolute Gasteiger partial charge is 0.320 e. The Morgan fingerprint density at radius 1 is 0.950 bits per heavy atom. The number of amides is 1. The number of nitrogens with one attached hydrogen (secondary N) is 2. The molecule has 0 aliphatic carbocycles. The number of ether oxygens (including phenoxy) is 2. The van der Waals surface area contributed by atoms with Gasteiger partial charge >= 0.3 is 23.8 Å². The minimum atomic E-state index is -0.576. The monoisotopic (exact) mass is 546 g/mol. The molecule has 5 rings (SSSR count). The summed E-state index contributed by atoms with van der Waals surface area (Å²) in [5, 5.41) is 13.3. The summed E-state index contributed by atoms with van der Waals surface area (Å²) in [5.74, 6) is 0.424. The fraction of sp³-hybridized carbons (Fsp3) is 0.250. The second-order valence-corrected chi connectivity index (χ2v) is 9.51. The Morgan fingerprint density at radius 2 is 1.60 bits per heavy atom. The largest absolute Gasteiger partial charge is 0.459 e. The Morgan fingerprint density at radius 3 is 2.23 bits per heavy atom. The van der Waals surface area contributed by atoms with Gasteiger partial charge in [-0.1, -0.05) is 5.10 Å². The van der Waals surface area contributed by atoms with Gasteiger partial charge < -0.3 is 29.4 Å². The number of rotatable bonds is 8. The van der Waals surface area contributed by atoms with Gasteiger partial charge in [-0.05, 0) is 67.6 Å². The molecular formula is C28H27FN6O5. The van der Waals surface area contributed by atoms with E-state index in [1.54, 1.807) is 36.5 Å². The van der Waals surface area contributed by atoms with Gasteiger partial charge in [0.2, 0.25) is 0 Å². The number of halogens is 1. The number of hydrogen-bond acceptors (Lipinski definition) is 10. The molecule has 0 unspecified atom stereocenters. The van der Waals surface area contributed by atoms with Crippen LogP contribution in [0.2, 0.25) is 0 Å². The molecule has 3 heterocycles. The van der Waals surface area contributed by atoms with E-state index in [2.05, 4.69) is 30.7 Å². The van der Waals surface area contributed by atoms with Crippen LogP contribution in [0.3, 0.4) is 0 Å². The average Bonchev–Trinajstić information content (AvgIpc) is 3.40. The van der Waals surface area contributed by atoms with E-state index in [-0.39, 0.29) is 23.7 Å². The van der Waals surface area contributed by atoms with Crippen molar-refractivity contribution in [3.8, 4) is 11.5 Å². The highest BCUT2D eigenvalue weighted by Crippen LogP contribution is 2.29. The molecular weight excluding hydrogens is 519 g/mol. The molecule has 11 nitrogen and oxygen atoms in total. The Hall–Kier alpha value is -5.00. The predicted octanol–water partition coefficient (Wildman–Crippen LogP) is 5.31. The molecule has 40 heavy (non-hydrogen) atoms. The lowest BCUT2D eigenvalue weighted by atomic mass is 9.93. The number of benzene rings is 2. The Labute approximate surface area is 229 Å². The molecule has 1 aliphatic heterocycles. The summed E-state index contributed by atoms with van der Waals surface area (Å²) < 4.78 is 29.6. The first-order chi connectivity index (χ1) is 19.2. The first-order valence-corrected chi connectivity index (χ1v) is 12.6. The number of aromatic nitrogens is 3. The summed E-state index contributed by atoms with van der Waals surface area (Å²) in [5.41, 5.74) is 0.643. The molecule has 206 valence electrons. The van der Waals surface area contributed by atoms with E-state index < -0.39 is 11.5 Å². The van der Waals surface area contributed by atoms with Crippen LogP contribution in [0.15, 0.2) is 71.3 Å². The predicted molar refractivity (Wildman–Crippen MR) is 144 cm³/mol. The van der Waals surface area contributed by atoms with E-state index in [4.69, 9.17) is 13.9 Å². The van der Waals surface area contributed by atoms with Gasteiger partial charge in [0.15, 0.2) is 0 Å². The molecule has 0 atom stereocenters. The number of piperidine rings is 1. The summed E-state index contributed by atoms with van der Waals surface area (Å²) in [7, 11) is 0. The molecule has 1 fully saturated rings. The van der Waals surface area contributed by atoms with E-state index >= 15 is 0 Å². The van der Waals surface area contributed by atoms with Crippen molar-refractivity contribution in [2.75, 3.05) is 28.6 Å². The van der Waals surface area contributed by atoms with E-state index in [9.17, 15) is 14.0 Å². The number of anilines is 4. The summed E-state index contributed by atoms with van der Waals surface area (Å²) in [4.78, 5) is 30.5. The van der Waals surface area contributed by atoms with Gasteiger partial charge in [-0.15, -0.1) is 5.10 Å². The maximum absolute atomic E-state index is 13.0. The molecule has 1 saturated heterocycles. The highest BCUT2D eigenvalue weighted by molar-refractivity contribution is 6.00. The van der Waals surface area contributed by atoms with Crippen LogP contribution in [0.4, 0.5) is 27.6 Å². The minimum absolute atomic E-state index is 0.0386. The van der Waals surface area contributed by atoms with Gasteiger partial charge in [0.1, 0.15) is 28.7 Å². The Bertz CT molecular complexity index is 1470. The number of nitrogens with zero attached hydrogens (tertiary/aromatic N) is 4. The lowest BCUT2D eigenvalue weighted by Gasteiger charge is -2.39. The number of carbonyl (C=O) groups is 2. The zero-order valence-corrected chi connectivity index (χ0v) is 21.9.